The van der Waals surface area contributed by atoms with E-state index >= 15 is 0 Å². The SMILES string of the molecule is COc1ccc(C2CC(=O)C3=C(C2)Nc2ncnn2C3c2cc3c(cc2[N+](=O)[O-])OCO3)cc1OC. The van der Waals surface area contributed by atoms with Gasteiger partial charge in [-0.15, -0.1) is 0 Å². The molecule has 3 heterocycles. The number of hydrogen-bond acceptors (Lipinski definition) is 10. The second-order valence-corrected chi connectivity index (χ2v) is 8.61. The van der Waals surface area contributed by atoms with Gasteiger partial charge in [-0.3, -0.25) is 14.9 Å². The molecule has 1 aliphatic carbocycles. The summed E-state index contributed by atoms with van der Waals surface area (Å²) in [6.07, 6.45) is 2.07. The van der Waals surface area contributed by atoms with Crippen molar-refractivity contribution in [1.82, 2.24) is 14.8 Å². The lowest BCUT2D eigenvalue weighted by molar-refractivity contribution is -0.385. The van der Waals surface area contributed by atoms with E-state index in [1.807, 2.05) is 18.2 Å². The largest absolute Gasteiger partial charge is 0.493 e. The summed E-state index contributed by atoms with van der Waals surface area (Å²) in [5, 5.41) is 19.5. The van der Waals surface area contributed by atoms with Crippen LogP contribution in [0.3, 0.4) is 0 Å². The summed E-state index contributed by atoms with van der Waals surface area (Å²) in [7, 11) is 3.13. The van der Waals surface area contributed by atoms with Crippen molar-refractivity contribution in [3.05, 3.63) is 69.2 Å². The number of nitro benzene ring substituents is 1. The van der Waals surface area contributed by atoms with Gasteiger partial charge in [-0.25, -0.2) is 4.68 Å². The number of rotatable bonds is 5. The number of nitro groups is 1. The number of methoxy groups -OCH3 is 2. The van der Waals surface area contributed by atoms with Gasteiger partial charge < -0.3 is 24.3 Å². The van der Waals surface area contributed by atoms with E-state index in [9.17, 15) is 14.9 Å². The Morgan fingerprint density at radius 1 is 1.11 bits per heavy atom. The molecule has 0 saturated carbocycles. The Bertz CT molecular complexity index is 1450. The Balaban J connectivity index is 1.46. The fourth-order valence-corrected chi connectivity index (χ4v) is 5.11. The van der Waals surface area contributed by atoms with E-state index < -0.39 is 11.0 Å². The first-order chi connectivity index (χ1) is 17.5. The molecule has 12 heteroatoms. The van der Waals surface area contributed by atoms with Crippen LogP contribution in [0.5, 0.6) is 23.0 Å². The number of carbonyl (C=O) groups is 1. The Hall–Kier alpha value is -4.61. The van der Waals surface area contributed by atoms with Crippen LogP contribution >= 0.6 is 0 Å². The Morgan fingerprint density at radius 3 is 2.64 bits per heavy atom. The smallest absolute Gasteiger partial charge is 0.279 e. The zero-order valence-corrected chi connectivity index (χ0v) is 19.4. The second kappa shape index (κ2) is 8.26. The van der Waals surface area contributed by atoms with Crippen LogP contribution in [0, 0.1) is 10.1 Å². The first-order valence-electron chi connectivity index (χ1n) is 11.2. The van der Waals surface area contributed by atoms with Gasteiger partial charge in [-0.05, 0) is 36.1 Å². The van der Waals surface area contributed by atoms with E-state index in [4.69, 9.17) is 18.9 Å². The number of aromatic nitrogens is 3. The van der Waals surface area contributed by atoms with E-state index in [0.29, 0.717) is 40.9 Å². The van der Waals surface area contributed by atoms with E-state index in [1.54, 1.807) is 20.3 Å². The molecular formula is C24H21N5O7. The molecule has 2 unspecified atom stereocenters. The van der Waals surface area contributed by atoms with Crippen molar-refractivity contribution in [3.8, 4) is 23.0 Å². The normalized spacial score (nSPS) is 19.9. The monoisotopic (exact) mass is 491 g/mol. The topological polar surface area (TPSA) is 140 Å². The number of ether oxygens (including phenoxy) is 4. The Labute approximate surface area is 204 Å². The lowest BCUT2D eigenvalue weighted by Crippen LogP contribution is -2.34. The van der Waals surface area contributed by atoms with Crippen molar-refractivity contribution in [2.45, 2.75) is 24.8 Å². The van der Waals surface area contributed by atoms with Gasteiger partial charge >= 0.3 is 0 Å². The number of carbonyl (C=O) groups excluding carboxylic acids is 1. The minimum Gasteiger partial charge on any atom is -0.493 e. The lowest BCUT2D eigenvalue weighted by atomic mass is 9.77. The van der Waals surface area contributed by atoms with Gasteiger partial charge in [0.15, 0.2) is 28.8 Å². The predicted octanol–water partition coefficient (Wildman–Crippen LogP) is 3.35. The predicted molar refractivity (Wildman–Crippen MR) is 125 cm³/mol. The summed E-state index contributed by atoms with van der Waals surface area (Å²) in [6, 6.07) is 7.64. The van der Waals surface area contributed by atoms with Gasteiger partial charge in [0, 0.05) is 17.7 Å². The highest BCUT2D eigenvalue weighted by molar-refractivity contribution is 6.00. The number of Topliss-reactive ketones (excluding diaryl/α,β-unsaturated/α-hetero) is 1. The zero-order chi connectivity index (χ0) is 25.0. The van der Waals surface area contributed by atoms with Crippen LogP contribution < -0.4 is 24.3 Å². The lowest BCUT2D eigenvalue weighted by Gasteiger charge is -2.35. The fraction of sp³-hybridized carbons (Fsp3) is 0.292. The molecule has 0 amide bonds. The molecule has 0 saturated heterocycles. The number of ketones is 1. The third-order valence-corrected chi connectivity index (χ3v) is 6.75. The molecule has 2 atom stereocenters. The van der Waals surface area contributed by atoms with Crippen molar-refractivity contribution in [2.75, 3.05) is 26.3 Å². The van der Waals surface area contributed by atoms with Crippen LogP contribution in [0.2, 0.25) is 0 Å². The quantitative estimate of drug-likeness (QED) is 0.417. The van der Waals surface area contributed by atoms with Crippen LogP contribution in [0.4, 0.5) is 11.6 Å². The van der Waals surface area contributed by atoms with Gasteiger partial charge in [-0.1, -0.05) is 6.07 Å². The summed E-state index contributed by atoms with van der Waals surface area (Å²) < 4.78 is 23.1. The molecule has 184 valence electrons. The number of hydrogen-bond donors (Lipinski definition) is 1. The zero-order valence-electron chi connectivity index (χ0n) is 19.4. The van der Waals surface area contributed by atoms with Crippen LogP contribution in [0.25, 0.3) is 0 Å². The average molecular weight is 491 g/mol. The van der Waals surface area contributed by atoms with Gasteiger partial charge in [-0.2, -0.15) is 10.1 Å². The highest BCUT2D eigenvalue weighted by atomic mass is 16.7. The maximum absolute atomic E-state index is 13.7. The summed E-state index contributed by atoms with van der Waals surface area (Å²) in [4.78, 5) is 29.5. The maximum atomic E-state index is 13.7. The van der Waals surface area contributed by atoms with Gasteiger partial charge in [0.05, 0.1) is 30.8 Å². The van der Waals surface area contributed by atoms with Gasteiger partial charge in [0.25, 0.3) is 5.69 Å². The number of nitrogens with zero attached hydrogens (tertiary/aromatic N) is 4. The molecule has 6 rings (SSSR count). The molecule has 1 aromatic heterocycles. The first-order valence-corrected chi connectivity index (χ1v) is 11.2. The highest BCUT2D eigenvalue weighted by Gasteiger charge is 2.42. The fourth-order valence-electron chi connectivity index (χ4n) is 5.11. The second-order valence-electron chi connectivity index (χ2n) is 8.61. The number of benzene rings is 2. The third kappa shape index (κ3) is 3.33. The summed E-state index contributed by atoms with van der Waals surface area (Å²) in [5.74, 6) is 1.97. The van der Waals surface area contributed by atoms with Crippen molar-refractivity contribution < 1.29 is 28.7 Å². The number of allylic oxidation sites excluding steroid dienone is 2. The number of nitrogens with one attached hydrogen (secondary N) is 1. The average Bonchev–Trinajstić information content (AvgIpc) is 3.54. The molecule has 0 fully saturated rings. The van der Waals surface area contributed by atoms with Crippen LogP contribution in [0.1, 0.15) is 35.9 Å². The molecule has 36 heavy (non-hydrogen) atoms. The minimum atomic E-state index is -0.840. The number of fused-ring (bicyclic) bond motifs is 2. The van der Waals surface area contributed by atoms with Crippen molar-refractivity contribution in [1.29, 1.82) is 0 Å². The molecule has 0 bridgehead atoms. The van der Waals surface area contributed by atoms with Crippen molar-refractivity contribution in [3.63, 3.8) is 0 Å². The molecule has 0 spiro atoms. The summed E-state index contributed by atoms with van der Waals surface area (Å²) in [6.45, 7) is -0.0311. The summed E-state index contributed by atoms with van der Waals surface area (Å²) >= 11 is 0. The van der Waals surface area contributed by atoms with E-state index in [1.165, 1.54) is 17.1 Å². The molecule has 12 nitrogen and oxygen atoms in total. The molecule has 1 N–H and O–H groups in total. The molecule has 2 aliphatic heterocycles. The Kier molecular flexibility index (Phi) is 5.02. The third-order valence-electron chi connectivity index (χ3n) is 6.75. The van der Waals surface area contributed by atoms with E-state index in [2.05, 4.69) is 15.4 Å². The molecule has 0 radical (unpaired) electrons. The highest BCUT2D eigenvalue weighted by Crippen LogP contribution is 2.49. The van der Waals surface area contributed by atoms with Crippen molar-refractivity contribution >= 4 is 17.4 Å². The van der Waals surface area contributed by atoms with Gasteiger partial charge in [0.2, 0.25) is 12.7 Å². The van der Waals surface area contributed by atoms with E-state index in [0.717, 1.165) is 5.56 Å². The Morgan fingerprint density at radius 2 is 1.89 bits per heavy atom. The molecule has 3 aliphatic rings. The van der Waals surface area contributed by atoms with Crippen molar-refractivity contribution in [2.24, 2.45) is 0 Å². The minimum absolute atomic E-state index is 0.0311. The molecule has 3 aromatic rings. The van der Waals surface area contributed by atoms with Gasteiger partial charge in [0.1, 0.15) is 12.4 Å². The summed E-state index contributed by atoms with van der Waals surface area (Å²) in [5.41, 5.74) is 2.10. The molecule has 2 aromatic carbocycles. The first kappa shape index (κ1) is 21.9. The maximum Gasteiger partial charge on any atom is 0.279 e. The van der Waals surface area contributed by atoms with Crippen LogP contribution in [0.15, 0.2) is 47.9 Å². The van der Waals surface area contributed by atoms with Crippen LogP contribution in [-0.2, 0) is 4.79 Å². The standard InChI is InChI=1S/C24H21N5O7/c1-33-18-4-3-12(7-19(18)34-2)13-5-15-22(17(30)6-13)23(28-24(27-15)25-10-26-28)14-8-20-21(36-11-35-20)9-16(14)29(31)32/h3-4,7-10,13,23H,5-6,11H2,1-2H3,(H,25,26,27). The number of anilines is 1. The van der Waals surface area contributed by atoms with E-state index in [-0.39, 0.29) is 41.9 Å². The molecular weight excluding hydrogens is 470 g/mol. The van der Waals surface area contributed by atoms with Crippen LogP contribution in [-0.4, -0.2) is 46.5 Å².